The highest BCUT2D eigenvalue weighted by Crippen LogP contribution is 2.26. The van der Waals surface area contributed by atoms with Gasteiger partial charge in [0.1, 0.15) is 17.5 Å². The molecular formula is C21H15Cl2F2N3. The van der Waals surface area contributed by atoms with E-state index in [2.05, 4.69) is 10.3 Å². The molecule has 0 saturated heterocycles. The molecule has 1 aromatic heterocycles. The maximum absolute atomic E-state index is 14.2. The maximum atomic E-state index is 14.2. The van der Waals surface area contributed by atoms with Crippen molar-refractivity contribution in [2.24, 2.45) is 0 Å². The minimum absolute atomic E-state index is 0.234. The van der Waals surface area contributed by atoms with Gasteiger partial charge in [-0.1, -0.05) is 41.4 Å². The maximum Gasteiger partial charge on any atom is 0.131 e. The summed E-state index contributed by atoms with van der Waals surface area (Å²) in [5.74, 6) is -0.482. The van der Waals surface area contributed by atoms with E-state index in [4.69, 9.17) is 23.2 Å². The van der Waals surface area contributed by atoms with Gasteiger partial charge in [0.2, 0.25) is 0 Å². The second-order valence-corrected chi connectivity index (χ2v) is 7.16. The summed E-state index contributed by atoms with van der Waals surface area (Å²) >= 11 is 12.2. The van der Waals surface area contributed by atoms with Crippen molar-refractivity contribution in [1.29, 1.82) is 0 Å². The molecule has 0 spiro atoms. The van der Waals surface area contributed by atoms with Crippen molar-refractivity contribution >= 4 is 39.9 Å². The zero-order chi connectivity index (χ0) is 19.7. The van der Waals surface area contributed by atoms with Crippen LogP contribution in [0.15, 0.2) is 60.7 Å². The predicted octanol–water partition coefficient (Wildman–Crippen LogP) is 6.28. The van der Waals surface area contributed by atoms with Crippen molar-refractivity contribution in [2.45, 2.75) is 13.1 Å². The first-order chi connectivity index (χ1) is 13.5. The molecule has 0 fully saturated rings. The van der Waals surface area contributed by atoms with Crippen LogP contribution in [0, 0.1) is 11.6 Å². The lowest BCUT2D eigenvalue weighted by molar-refractivity contribution is 0.565. The fraction of sp³-hybridized carbons (Fsp3) is 0.0952. The number of hydrogen-bond acceptors (Lipinski definition) is 2. The normalized spacial score (nSPS) is 11.1. The number of hydrogen-bond donors (Lipinski definition) is 1. The highest BCUT2D eigenvalue weighted by Gasteiger charge is 2.14. The summed E-state index contributed by atoms with van der Waals surface area (Å²) in [6.45, 7) is 0.608. The molecule has 142 valence electrons. The van der Waals surface area contributed by atoms with Crippen molar-refractivity contribution in [2.75, 3.05) is 5.32 Å². The fourth-order valence-electron chi connectivity index (χ4n) is 3.06. The number of para-hydroxylation sites is 2. The van der Waals surface area contributed by atoms with Crippen LogP contribution in [0.5, 0.6) is 0 Å². The Hall–Kier alpha value is -2.63. The van der Waals surface area contributed by atoms with E-state index < -0.39 is 11.6 Å². The summed E-state index contributed by atoms with van der Waals surface area (Å²) in [4.78, 5) is 4.65. The lowest BCUT2D eigenvalue weighted by atomic mass is 10.2. The standard InChI is InChI=1S/C21H15Cl2F2N3/c22-14-6-8-18(16(23)9-14)26-11-21-27-19-3-1-2-4-20(19)28(21)12-13-5-7-15(24)10-17(13)25/h1-10,26H,11-12H2. The number of nitrogens with zero attached hydrogens (tertiary/aromatic N) is 2. The molecule has 1 heterocycles. The van der Waals surface area contributed by atoms with E-state index in [-0.39, 0.29) is 6.54 Å². The molecule has 0 aliphatic heterocycles. The van der Waals surface area contributed by atoms with Gasteiger partial charge in [-0.05, 0) is 36.4 Å². The van der Waals surface area contributed by atoms with Crippen LogP contribution in [-0.4, -0.2) is 9.55 Å². The van der Waals surface area contributed by atoms with Gasteiger partial charge in [-0.2, -0.15) is 0 Å². The first-order valence-electron chi connectivity index (χ1n) is 8.58. The first kappa shape index (κ1) is 18.7. The quantitative estimate of drug-likeness (QED) is 0.413. The summed E-state index contributed by atoms with van der Waals surface area (Å²) in [6.07, 6.45) is 0. The number of nitrogens with one attached hydrogen (secondary N) is 1. The molecule has 0 aliphatic rings. The largest absolute Gasteiger partial charge is 0.377 e. The molecule has 4 aromatic rings. The Labute approximate surface area is 170 Å². The molecule has 0 bridgehead atoms. The monoisotopic (exact) mass is 417 g/mol. The molecular weight excluding hydrogens is 403 g/mol. The van der Waals surface area contributed by atoms with Gasteiger partial charge in [0.25, 0.3) is 0 Å². The van der Waals surface area contributed by atoms with Gasteiger partial charge in [0.15, 0.2) is 0 Å². The molecule has 4 rings (SSSR count). The summed E-state index contributed by atoms with van der Waals surface area (Å²) in [5, 5.41) is 4.29. The third-order valence-electron chi connectivity index (χ3n) is 4.45. The Morgan fingerprint density at radius 2 is 1.79 bits per heavy atom. The molecule has 7 heteroatoms. The predicted molar refractivity (Wildman–Crippen MR) is 109 cm³/mol. The van der Waals surface area contributed by atoms with Crippen LogP contribution in [-0.2, 0) is 13.1 Å². The third-order valence-corrected chi connectivity index (χ3v) is 4.99. The summed E-state index contributed by atoms with van der Waals surface area (Å²) in [7, 11) is 0. The van der Waals surface area contributed by atoms with Crippen molar-refractivity contribution in [3.63, 3.8) is 0 Å². The SMILES string of the molecule is Fc1ccc(Cn2c(CNc3ccc(Cl)cc3Cl)nc3ccccc32)c(F)c1. The van der Waals surface area contributed by atoms with E-state index in [0.717, 1.165) is 22.8 Å². The Bertz CT molecular complexity index is 1160. The number of aromatic nitrogens is 2. The van der Waals surface area contributed by atoms with Gasteiger partial charge >= 0.3 is 0 Å². The minimum atomic E-state index is -0.601. The van der Waals surface area contributed by atoms with Crippen LogP contribution >= 0.6 is 23.2 Å². The lowest BCUT2D eigenvalue weighted by Crippen LogP contribution is -2.11. The number of anilines is 1. The van der Waals surface area contributed by atoms with Crippen LogP contribution in [0.4, 0.5) is 14.5 Å². The smallest absolute Gasteiger partial charge is 0.131 e. The van der Waals surface area contributed by atoms with E-state index in [1.165, 1.54) is 12.1 Å². The fourth-order valence-corrected chi connectivity index (χ4v) is 3.54. The van der Waals surface area contributed by atoms with Crippen LogP contribution in [0.3, 0.4) is 0 Å². The van der Waals surface area contributed by atoms with Gasteiger partial charge in [-0.3, -0.25) is 0 Å². The molecule has 0 unspecified atom stereocenters. The van der Waals surface area contributed by atoms with Gasteiger partial charge in [-0.25, -0.2) is 13.8 Å². The van der Waals surface area contributed by atoms with Crippen LogP contribution in [0.2, 0.25) is 10.0 Å². The van der Waals surface area contributed by atoms with E-state index in [9.17, 15) is 8.78 Å². The average molecular weight is 418 g/mol. The van der Waals surface area contributed by atoms with Crippen LogP contribution in [0.25, 0.3) is 11.0 Å². The summed E-state index contributed by atoms with van der Waals surface area (Å²) in [6, 6.07) is 16.4. The number of fused-ring (bicyclic) bond motifs is 1. The van der Waals surface area contributed by atoms with Gasteiger partial charge < -0.3 is 9.88 Å². The number of benzene rings is 3. The first-order valence-corrected chi connectivity index (χ1v) is 9.34. The Kier molecular flexibility index (Phi) is 5.20. The zero-order valence-electron chi connectivity index (χ0n) is 14.6. The van der Waals surface area contributed by atoms with Gasteiger partial charge in [0, 0.05) is 16.7 Å². The molecule has 3 aromatic carbocycles. The highest BCUT2D eigenvalue weighted by molar-refractivity contribution is 6.36. The average Bonchev–Trinajstić information content (AvgIpc) is 3.01. The van der Waals surface area contributed by atoms with Crippen molar-refractivity contribution in [3.05, 3.63) is 93.7 Å². The highest BCUT2D eigenvalue weighted by atomic mass is 35.5. The molecule has 1 N–H and O–H groups in total. The molecule has 0 atom stereocenters. The molecule has 0 aliphatic carbocycles. The third kappa shape index (κ3) is 3.81. The lowest BCUT2D eigenvalue weighted by Gasteiger charge is -2.12. The van der Waals surface area contributed by atoms with E-state index >= 15 is 0 Å². The Morgan fingerprint density at radius 3 is 2.57 bits per heavy atom. The summed E-state index contributed by atoms with van der Waals surface area (Å²) < 4.78 is 29.3. The Morgan fingerprint density at radius 1 is 0.964 bits per heavy atom. The van der Waals surface area contributed by atoms with Gasteiger partial charge in [0.05, 0.1) is 34.8 Å². The van der Waals surface area contributed by atoms with Crippen LogP contribution in [0.1, 0.15) is 11.4 Å². The topological polar surface area (TPSA) is 29.9 Å². The van der Waals surface area contributed by atoms with Gasteiger partial charge in [-0.15, -0.1) is 0 Å². The molecule has 28 heavy (non-hydrogen) atoms. The van der Waals surface area contributed by atoms with Crippen molar-refractivity contribution in [1.82, 2.24) is 9.55 Å². The number of rotatable bonds is 5. The van der Waals surface area contributed by atoms with Crippen molar-refractivity contribution < 1.29 is 8.78 Å². The molecule has 0 amide bonds. The molecule has 3 nitrogen and oxygen atoms in total. The van der Waals surface area contributed by atoms with E-state index in [0.29, 0.717) is 28.0 Å². The number of halogens is 4. The minimum Gasteiger partial charge on any atom is -0.377 e. The van der Waals surface area contributed by atoms with E-state index in [1.807, 2.05) is 28.8 Å². The second-order valence-electron chi connectivity index (χ2n) is 6.32. The second kappa shape index (κ2) is 7.78. The summed E-state index contributed by atoms with van der Waals surface area (Å²) in [5.41, 5.74) is 2.77. The molecule has 0 radical (unpaired) electrons. The van der Waals surface area contributed by atoms with E-state index in [1.54, 1.807) is 18.2 Å². The zero-order valence-corrected chi connectivity index (χ0v) is 16.1. The molecule has 0 saturated carbocycles. The van der Waals surface area contributed by atoms with Crippen molar-refractivity contribution in [3.8, 4) is 0 Å². The Balaban J connectivity index is 1.68. The van der Waals surface area contributed by atoms with Crippen LogP contribution < -0.4 is 5.32 Å². The number of imidazole rings is 1.